The lowest BCUT2D eigenvalue weighted by Crippen LogP contribution is -2.29. The van der Waals surface area contributed by atoms with Crippen molar-refractivity contribution in [2.75, 3.05) is 25.9 Å². The van der Waals surface area contributed by atoms with Gasteiger partial charge in [-0.25, -0.2) is 15.0 Å². The number of anilines is 1. The van der Waals surface area contributed by atoms with Gasteiger partial charge in [0.1, 0.15) is 12.1 Å². The topological polar surface area (TPSA) is 80.0 Å². The maximum Gasteiger partial charge on any atom is 0.132 e. The van der Waals surface area contributed by atoms with Gasteiger partial charge in [-0.15, -0.1) is 0 Å². The highest BCUT2D eigenvalue weighted by Gasteiger charge is 2.25. The first-order valence-corrected chi connectivity index (χ1v) is 10.3. The summed E-state index contributed by atoms with van der Waals surface area (Å²) in [5, 5.41) is 3.69. The fraction of sp³-hybridized carbons (Fsp3) is 0.348. The number of nitrogens with one attached hydrogen (secondary N) is 1. The van der Waals surface area contributed by atoms with Gasteiger partial charge in [-0.2, -0.15) is 0 Å². The SMILES string of the molecule is CN1CCc2cc(-c3cnc(N)c(-c4ccncn4)c3)cc(C3CCCN3)c2C1. The Morgan fingerprint density at radius 2 is 2.10 bits per heavy atom. The van der Waals surface area contributed by atoms with Gasteiger partial charge in [0, 0.05) is 42.7 Å². The fourth-order valence-electron chi connectivity index (χ4n) is 4.55. The predicted octanol–water partition coefficient (Wildman–Crippen LogP) is 3.20. The molecule has 148 valence electrons. The highest BCUT2D eigenvalue weighted by Crippen LogP contribution is 2.36. The molecule has 0 bridgehead atoms. The molecular weight excluding hydrogens is 360 g/mol. The molecule has 0 radical (unpaired) electrons. The van der Waals surface area contributed by atoms with Crippen LogP contribution in [0.1, 0.15) is 35.6 Å². The number of nitrogens with two attached hydrogens (primary N) is 1. The number of aromatic nitrogens is 3. The first kappa shape index (κ1) is 18.2. The van der Waals surface area contributed by atoms with Crippen molar-refractivity contribution in [2.45, 2.75) is 31.8 Å². The Hall–Kier alpha value is -2.83. The van der Waals surface area contributed by atoms with E-state index >= 15 is 0 Å². The molecule has 0 aliphatic carbocycles. The van der Waals surface area contributed by atoms with E-state index in [9.17, 15) is 0 Å². The van der Waals surface area contributed by atoms with Crippen LogP contribution in [0.15, 0.2) is 43.0 Å². The zero-order chi connectivity index (χ0) is 19.8. The number of nitrogens with zero attached hydrogens (tertiary/aromatic N) is 4. The van der Waals surface area contributed by atoms with Gasteiger partial charge in [0.25, 0.3) is 0 Å². The molecule has 1 fully saturated rings. The lowest BCUT2D eigenvalue weighted by atomic mass is 9.87. The third-order valence-corrected chi connectivity index (χ3v) is 6.11. The highest BCUT2D eigenvalue weighted by atomic mass is 15.1. The average molecular weight is 387 g/mol. The van der Waals surface area contributed by atoms with E-state index in [0.717, 1.165) is 42.9 Å². The molecule has 1 atom stereocenters. The predicted molar refractivity (Wildman–Crippen MR) is 115 cm³/mol. The molecule has 2 aromatic heterocycles. The van der Waals surface area contributed by atoms with Gasteiger partial charge in [0.15, 0.2) is 0 Å². The van der Waals surface area contributed by atoms with E-state index < -0.39 is 0 Å². The Balaban J connectivity index is 1.62. The van der Waals surface area contributed by atoms with E-state index in [1.54, 1.807) is 12.5 Å². The molecule has 4 heterocycles. The van der Waals surface area contributed by atoms with Crippen LogP contribution in [0.2, 0.25) is 0 Å². The van der Waals surface area contributed by atoms with Gasteiger partial charge in [0.2, 0.25) is 0 Å². The first-order valence-electron chi connectivity index (χ1n) is 10.3. The minimum Gasteiger partial charge on any atom is -0.383 e. The molecule has 2 aliphatic rings. The average Bonchev–Trinajstić information content (AvgIpc) is 3.29. The molecule has 0 saturated carbocycles. The molecule has 1 unspecified atom stereocenters. The Labute approximate surface area is 171 Å². The monoisotopic (exact) mass is 386 g/mol. The molecule has 29 heavy (non-hydrogen) atoms. The molecule has 1 saturated heterocycles. The normalized spacial score (nSPS) is 19.3. The third-order valence-electron chi connectivity index (χ3n) is 6.11. The number of hydrogen-bond acceptors (Lipinski definition) is 6. The van der Waals surface area contributed by atoms with Crippen LogP contribution < -0.4 is 11.1 Å². The molecule has 6 nitrogen and oxygen atoms in total. The summed E-state index contributed by atoms with van der Waals surface area (Å²) in [5.74, 6) is 0.490. The van der Waals surface area contributed by atoms with Crippen LogP contribution in [-0.4, -0.2) is 40.0 Å². The lowest BCUT2D eigenvalue weighted by molar-refractivity contribution is 0.310. The Morgan fingerprint density at radius 1 is 1.17 bits per heavy atom. The van der Waals surface area contributed by atoms with Crippen LogP contribution in [0, 0.1) is 0 Å². The van der Waals surface area contributed by atoms with Crippen molar-refractivity contribution in [2.24, 2.45) is 0 Å². The van der Waals surface area contributed by atoms with Crippen molar-refractivity contribution >= 4 is 5.82 Å². The summed E-state index contributed by atoms with van der Waals surface area (Å²) in [5.41, 5.74) is 14.5. The van der Waals surface area contributed by atoms with Gasteiger partial charge in [0.05, 0.1) is 5.69 Å². The zero-order valence-corrected chi connectivity index (χ0v) is 16.7. The first-order chi connectivity index (χ1) is 14.2. The summed E-state index contributed by atoms with van der Waals surface area (Å²) in [6.07, 6.45) is 8.67. The van der Waals surface area contributed by atoms with Crippen LogP contribution in [-0.2, 0) is 13.0 Å². The summed E-state index contributed by atoms with van der Waals surface area (Å²) in [6.45, 7) is 3.22. The second kappa shape index (κ2) is 7.54. The molecule has 6 heteroatoms. The van der Waals surface area contributed by atoms with Crippen LogP contribution in [0.5, 0.6) is 0 Å². The minimum absolute atomic E-state index is 0.443. The molecule has 2 aliphatic heterocycles. The number of nitrogen functional groups attached to an aromatic ring is 1. The van der Waals surface area contributed by atoms with E-state index in [2.05, 4.69) is 50.4 Å². The van der Waals surface area contributed by atoms with E-state index in [-0.39, 0.29) is 0 Å². The van der Waals surface area contributed by atoms with Crippen molar-refractivity contribution in [3.8, 4) is 22.4 Å². The van der Waals surface area contributed by atoms with Crippen molar-refractivity contribution in [1.29, 1.82) is 0 Å². The van der Waals surface area contributed by atoms with Gasteiger partial charge in [-0.1, -0.05) is 6.07 Å². The standard InChI is InChI=1S/C23H26N6/c1-29-8-5-15-9-16(10-18(20(15)13-29)21-3-2-6-26-21)17-11-19(23(24)27-12-17)22-4-7-25-14-28-22/h4,7,9-12,14,21,26H,2-3,5-6,8,13H2,1H3,(H2,24,27). The van der Waals surface area contributed by atoms with Crippen molar-refractivity contribution in [1.82, 2.24) is 25.2 Å². The van der Waals surface area contributed by atoms with Crippen molar-refractivity contribution in [3.05, 3.63) is 59.7 Å². The van der Waals surface area contributed by atoms with E-state index in [4.69, 9.17) is 5.73 Å². The van der Waals surface area contributed by atoms with Gasteiger partial charge >= 0.3 is 0 Å². The molecule has 3 aromatic rings. The van der Waals surface area contributed by atoms with Crippen LogP contribution in [0.4, 0.5) is 5.82 Å². The number of pyridine rings is 1. The molecule has 3 N–H and O–H groups in total. The highest BCUT2D eigenvalue weighted by molar-refractivity contribution is 5.78. The van der Waals surface area contributed by atoms with Crippen molar-refractivity contribution < 1.29 is 0 Å². The number of rotatable bonds is 3. The van der Waals surface area contributed by atoms with Gasteiger partial charge in [-0.3, -0.25) is 0 Å². The number of hydrogen-bond donors (Lipinski definition) is 2. The van der Waals surface area contributed by atoms with E-state index in [1.165, 1.54) is 35.1 Å². The summed E-state index contributed by atoms with van der Waals surface area (Å²) in [6, 6.07) is 9.12. The van der Waals surface area contributed by atoms with Gasteiger partial charge in [-0.05, 0) is 73.3 Å². The third kappa shape index (κ3) is 3.50. The van der Waals surface area contributed by atoms with Gasteiger partial charge < -0.3 is 16.0 Å². The number of fused-ring (bicyclic) bond motifs is 1. The molecular formula is C23H26N6. The van der Waals surface area contributed by atoms with Crippen LogP contribution >= 0.6 is 0 Å². The summed E-state index contributed by atoms with van der Waals surface area (Å²) in [7, 11) is 2.21. The second-order valence-electron chi connectivity index (χ2n) is 8.09. The molecule has 0 amide bonds. The zero-order valence-electron chi connectivity index (χ0n) is 16.7. The van der Waals surface area contributed by atoms with Crippen molar-refractivity contribution in [3.63, 3.8) is 0 Å². The van der Waals surface area contributed by atoms with E-state index in [1.807, 2.05) is 12.3 Å². The Morgan fingerprint density at radius 3 is 2.90 bits per heavy atom. The molecule has 0 spiro atoms. The van der Waals surface area contributed by atoms with Crippen LogP contribution in [0.3, 0.4) is 0 Å². The minimum atomic E-state index is 0.443. The Bertz CT molecular complexity index is 1030. The summed E-state index contributed by atoms with van der Waals surface area (Å²) in [4.78, 5) is 15.3. The fourth-order valence-corrected chi connectivity index (χ4v) is 4.55. The molecule has 5 rings (SSSR count). The maximum absolute atomic E-state index is 6.17. The Kier molecular flexibility index (Phi) is 4.73. The lowest BCUT2D eigenvalue weighted by Gasteiger charge is -2.30. The largest absolute Gasteiger partial charge is 0.383 e. The quantitative estimate of drug-likeness (QED) is 0.720. The van der Waals surface area contributed by atoms with Crippen LogP contribution in [0.25, 0.3) is 22.4 Å². The second-order valence-corrected chi connectivity index (χ2v) is 8.09. The number of benzene rings is 1. The number of likely N-dealkylation sites (N-methyl/N-ethyl adjacent to an activating group) is 1. The summed E-state index contributed by atoms with van der Waals surface area (Å²) < 4.78 is 0. The maximum atomic E-state index is 6.17. The molecule has 1 aromatic carbocycles. The van der Waals surface area contributed by atoms with E-state index in [0.29, 0.717) is 11.9 Å². The smallest absolute Gasteiger partial charge is 0.132 e. The summed E-state index contributed by atoms with van der Waals surface area (Å²) >= 11 is 0.